The molecule has 0 bridgehead atoms. The van der Waals surface area contributed by atoms with Gasteiger partial charge >= 0.3 is 0 Å². The van der Waals surface area contributed by atoms with Crippen molar-refractivity contribution in [3.05, 3.63) is 23.7 Å². The van der Waals surface area contributed by atoms with Crippen molar-refractivity contribution in [3.8, 4) is 0 Å². The van der Waals surface area contributed by atoms with Gasteiger partial charge in [-0.2, -0.15) is 17.0 Å². The van der Waals surface area contributed by atoms with Crippen molar-refractivity contribution in [1.29, 1.82) is 0 Å². The van der Waals surface area contributed by atoms with Gasteiger partial charge in [-0.15, -0.1) is 0 Å². The molecular formula is C14H22N2O4S. The minimum absolute atomic E-state index is 0.265. The summed E-state index contributed by atoms with van der Waals surface area (Å²) in [6.45, 7) is 4.20. The van der Waals surface area contributed by atoms with Crippen molar-refractivity contribution in [2.24, 2.45) is 5.92 Å². The van der Waals surface area contributed by atoms with Gasteiger partial charge in [0.2, 0.25) is 0 Å². The van der Waals surface area contributed by atoms with Crippen LogP contribution in [0.2, 0.25) is 0 Å². The van der Waals surface area contributed by atoms with E-state index >= 15 is 0 Å². The first kappa shape index (κ1) is 15.0. The standard InChI is InChI=1S/C14H22N2O4S/c1-11-9-13(11)14-4-3-12(20-14)10-15(2)21(17,18)16-5-7-19-8-6-16/h3-4,11,13H,5-10H2,1-2H3. The molecule has 2 atom stereocenters. The molecule has 1 saturated carbocycles. The van der Waals surface area contributed by atoms with E-state index in [2.05, 4.69) is 6.92 Å². The maximum Gasteiger partial charge on any atom is 0.282 e. The first-order valence-electron chi connectivity index (χ1n) is 7.36. The summed E-state index contributed by atoms with van der Waals surface area (Å²) >= 11 is 0. The van der Waals surface area contributed by atoms with Gasteiger partial charge < -0.3 is 9.15 Å². The highest BCUT2D eigenvalue weighted by atomic mass is 32.2. The number of morpholine rings is 1. The smallest absolute Gasteiger partial charge is 0.282 e. The van der Waals surface area contributed by atoms with E-state index in [1.807, 2.05) is 12.1 Å². The van der Waals surface area contributed by atoms with Crippen LogP contribution in [-0.2, 0) is 21.5 Å². The van der Waals surface area contributed by atoms with Crippen molar-refractivity contribution in [1.82, 2.24) is 8.61 Å². The molecule has 21 heavy (non-hydrogen) atoms. The summed E-state index contributed by atoms with van der Waals surface area (Å²) in [5.41, 5.74) is 0. The Labute approximate surface area is 125 Å². The Morgan fingerprint density at radius 1 is 1.33 bits per heavy atom. The van der Waals surface area contributed by atoms with Crippen molar-refractivity contribution >= 4 is 10.2 Å². The van der Waals surface area contributed by atoms with E-state index in [1.165, 1.54) is 8.61 Å². The number of ether oxygens (including phenoxy) is 1. The van der Waals surface area contributed by atoms with E-state index in [1.54, 1.807) is 7.05 Å². The molecule has 0 radical (unpaired) electrons. The van der Waals surface area contributed by atoms with Crippen LogP contribution in [-0.4, -0.2) is 50.4 Å². The lowest BCUT2D eigenvalue weighted by atomic mass is 10.3. The number of hydrogen-bond donors (Lipinski definition) is 0. The van der Waals surface area contributed by atoms with Crippen LogP contribution in [0.15, 0.2) is 16.5 Å². The second kappa shape index (κ2) is 5.72. The van der Waals surface area contributed by atoms with Gasteiger partial charge in [-0.05, 0) is 24.5 Å². The molecule has 2 fully saturated rings. The van der Waals surface area contributed by atoms with Crippen LogP contribution in [0, 0.1) is 5.92 Å². The number of rotatable bonds is 5. The van der Waals surface area contributed by atoms with Gasteiger partial charge in [0.05, 0.1) is 19.8 Å². The molecule has 118 valence electrons. The monoisotopic (exact) mass is 314 g/mol. The van der Waals surface area contributed by atoms with Gasteiger partial charge in [-0.3, -0.25) is 0 Å². The SMILES string of the molecule is CC1CC1c1ccc(CN(C)S(=O)(=O)N2CCOCC2)o1. The lowest BCUT2D eigenvalue weighted by Crippen LogP contribution is -2.46. The Kier molecular flexibility index (Phi) is 4.09. The van der Waals surface area contributed by atoms with E-state index in [4.69, 9.17) is 9.15 Å². The molecule has 0 amide bonds. The van der Waals surface area contributed by atoms with E-state index in [-0.39, 0.29) is 6.54 Å². The van der Waals surface area contributed by atoms with Crippen molar-refractivity contribution in [2.45, 2.75) is 25.8 Å². The zero-order chi connectivity index (χ0) is 15.0. The molecule has 3 rings (SSSR count). The van der Waals surface area contributed by atoms with E-state index in [0.29, 0.717) is 43.9 Å². The fourth-order valence-corrected chi connectivity index (χ4v) is 3.97. The molecule has 7 heteroatoms. The zero-order valence-electron chi connectivity index (χ0n) is 12.5. The van der Waals surface area contributed by atoms with Crippen molar-refractivity contribution in [2.75, 3.05) is 33.4 Å². The third kappa shape index (κ3) is 3.15. The molecule has 1 saturated heterocycles. The molecular weight excluding hydrogens is 292 g/mol. The molecule has 0 spiro atoms. The van der Waals surface area contributed by atoms with Crippen LogP contribution < -0.4 is 0 Å². The van der Waals surface area contributed by atoms with Crippen LogP contribution in [0.1, 0.15) is 30.8 Å². The molecule has 1 aromatic rings. The van der Waals surface area contributed by atoms with Gasteiger partial charge in [-0.25, -0.2) is 0 Å². The highest BCUT2D eigenvalue weighted by Crippen LogP contribution is 2.47. The summed E-state index contributed by atoms with van der Waals surface area (Å²) in [5.74, 6) is 2.87. The van der Waals surface area contributed by atoms with Crippen LogP contribution in [0.25, 0.3) is 0 Å². The molecule has 0 aromatic carbocycles. The van der Waals surface area contributed by atoms with Crippen LogP contribution in [0.4, 0.5) is 0 Å². The normalized spacial score (nSPS) is 27.2. The Morgan fingerprint density at radius 2 is 2.00 bits per heavy atom. The maximum atomic E-state index is 12.4. The van der Waals surface area contributed by atoms with E-state index < -0.39 is 10.2 Å². The third-order valence-electron chi connectivity index (χ3n) is 4.23. The minimum Gasteiger partial charge on any atom is -0.464 e. The lowest BCUT2D eigenvalue weighted by Gasteiger charge is -2.29. The molecule has 1 aliphatic heterocycles. The largest absolute Gasteiger partial charge is 0.464 e. The second-order valence-corrected chi connectivity index (χ2v) is 7.93. The van der Waals surface area contributed by atoms with Crippen LogP contribution in [0.3, 0.4) is 0 Å². The minimum atomic E-state index is -3.44. The predicted octanol–water partition coefficient (Wildman–Crippen LogP) is 1.41. The number of nitrogens with zero attached hydrogens (tertiary/aromatic N) is 2. The Balaban J connectivity index is 1.64. The van der Waals surface area contributed by atoms with Gasteiger partial charge in [0.15, 0.2) is 0 Å². The average Bonchev–Trinajstić information content (AvgIpc) is 3.02. The van der Waals surface area contributed by atoms with E-state index in [0.717, 1.165) is 12.2 Å². The van der Waals surface area contributed by atoms with Crippen molar-refractivity contribution < 1.29 is 17.6 Å². The highest BCUT2D eigenvalue weighted by molar-refractivity contribution is 7.86. The molecule has 6 nitrogen and oxygen atoms in total. The van der Waals surface area contributed by atoms with Crippen LogP contribution >= 0.6 is 0 Å². The van der Waals surface area contributed by atoms with Crippen LogP contribution in [0.5, 0.6) is 0 Å². The summed E-state index contributed by atoms with van der Waals surface area (Å²) in [5, 5.41) is 0. The van der Waals surface area contributed by atoms with Gasteiger partial charge in [-0.1, -0.05) is 6.92 Å². The van der Waals surface area contributed by atoms with Gasteiger partial charge in [0.1, 0.15) is 11.5 Å². The third-order valence-corrected chi connectivity index (χ3v) is 6.16. The average molecular weight is 314 g/mol. The molecule has 1 aliphatic carbocycles. The first-order chi connectivity index (χ1) is 9.98. The second-order valence-electron chi connectivity index (χ2n) is 5.90. The summed E-state index contributed by atoms with van der Waals surface area (Å²) in [6.07, 6.45) is 1.16. The summed E-state index contributed by atoms with van der Waals surface area (Å²) in [7, 11) is -1.85. The van der Waals surface area contributed by atoms with Crippen molar-refractivity contribution in [3.63, 3.8) is 0 Å². The summed E-state index contributed by atoms with van der Waals surface area (Å²) in [6, 6.07) is 3.85. The van der Waals surface area contributed by atoms with Gasteiger partial charge in [0, 0.05) is 26.1 Å². The molecule has 1 aromatic heterocycles. The fourth-order valence-electron chi connectivity index (χ4n) is 2.67. The summed E-state index contributed by atoms with van der Waals surface area (Å²) < 4.78 is 38.7. The Hall–Kier alpha value is -0.890. The maximum absolute atomic E-state index is 12.4. The molecule has 0 N–H and O–H groups in total. The topological polar surface area (TPSA) is 63.0 Å². The molecule has 2 heterocycles. The molecule has 2 unspecified atom stereocenters. The Morgan fingerprint density at radius 3 is 2.62 bits per heavy atom. The highest BCUT2D eigenvalue weighted by Gasteiger charge is 2.37. The quantitative estimate of drug-likeness (QED) is 0.824. The van der Waals surface area contributed by atoms with Gasteiger partial charge in [0.25, 0.3) is 10.2 Å². The summed E-state index contributed by atoms with van der Waals surface area (Å²) in [4.78, 5) is 0. The Bertz CT molecular complexity index is 592. The van der Waals surface area contributed by atoms with E-state index in [9.17, 15) is 8.42 Å². The number of furan rings is 1. The molecule has 2 aliphatic rings. The predicted molar refractivity (Wildman–Crippen MR) is 78.0 cm³/mol. The number of hydrogen-bond acceptors (Lipinski definition) is 4. The first-order valence-corrected chi connectivity index (χ1v) is 8.76. The fraction of sp³-hybridized carbons (Fsp3) is 0.714. The lowest BCUT2D eigenvalue weighted by molar-refractivity contribution is 0.0704. The zero-order valence-corrected chi connectivity index (χ0v) is 13.3.